The Labute approximate surface area is 76.2 Å². The zero-order valence-corrected chi connectivity index (χ0v) is 7.64. The fourth-order valence-electron chi connectivity index (χ4n) is 1.13. The maximum atomic E-state index is 11.2. The molecule has 1 rings (SSSR count). The lowest BCUT2D eigenvalue weighted by molar-refractivity contribution is 1.11. The lowest BCUT2D eigenvalue weighted by Gasteiger charge is -2.05. The predicted octanol–water partition coefficient (Wildman–Crippen LogP) is 0.987. The van der Waals surface area contributed by atoms with E-state index in [4.69, 9.17) is 5.26 Å². The second-order valence-corrected chi connectivity index (χ2v) is 2.71. The average Bonchev–Trinajstić information content (AvgIpc) is 2.04. The van der Waals surface area contributed by atoms with E-state index in [9.17, 15) is 4.79 Å². The van der Waals surface area contributed by atoms with Gasteiger partial charge in [-0.05, 0) is 19.9 Å². The molecule has 1 aromatic heterocycles. The Bertz CT molecular complexity index is 400. The Morgan fingerprint density at radius 1 is 1.69 bits per heavy atom. The molecular weight excluding hydrogens is 166 g/mol. The molecule has 0 saturated heterocycles. The van der Waals surface area contributed by atoms with Gasteiger partial charge in [0.15, 0.2) is 0 Å². The Balaban J connectivity index is 3.32. The van der Waals surface area contributed by atoms with Crippen molar-refractivity contribution in [3.05, 3.63) is 27.7 Å². The normalized spacial score (nSPS) is 9.31. The first-order valence-corrected chi connectivity index (χ1v) is 4.07. The summed E-state index contributed by atoms with van der Waals surface area (Å²) >= 11 is 0. The number of H-pyrrole nitrogens is 1. The molecular formula is C9H11N3O. The van der Waals surface area contributed by atoms with Crippen molar-refractivity contribution < 1.29 is 0 Å². The highest BCUT2D eigenvalue weighted by Crippen LogP contribution is 2.10. The molecule has 0 bridgehead atoms. The number of rotatable bonds is 2. The van der Waals surface area contributed by atoms with E-state index in [1.165, 1.54) is 0 Å². The van der Waals surface area contributed by atoms with Gasteiger partial charge in [-0.1, -0.05) is 0 Å². The average molecular weight is 177 g/mol. The van der Waals surface area contributed by atoms with Crippen molar-refractivity contribution in [2.24, 2.45) is 0 Å². The first kappa shape index (κ1) is 9.33. The van der Waals surface area contributed by atoms with Gasteiger partial charge in [0.2, 0.25) is 0 Å². The summed E-state index contributed by atoms with van der Waals surface area (Å²) in [6.07, 6.45) is 0. The number of aromatic amines is 1. The Morgan fingerprint density at radius 3 is 2.92 bits per heavy atom. The highest BCUT2D eigenvalue weighted by Gasteiger charge is 2.05. The van der Waals surface area contributed by atoms with Crippen LogP contribution in [0.2, 0.25) is 0 Å². The fraction of sp³-hybridized carbons (Fsp3) is 0.333. The molecule has 13 heavy (non-hydrogen) atoms. The second-order valence-electron chi connectivity index (χ2n) is 2.71. The van der Waals surface area contributed by atoms with Gasteiger partial charge in [-0.2, -0.15) is 5.26 Å². The minimum atomic E-state index is -0.335. The van der Waals surface area contributed by atoms with Crippen LogP contribution in [0.15, 0.2) is 10.9 Å². The molecule has 0 amide bonds. The van der Waals surface area contributed by atoms with Crippen LogP contribution in [0.5, 0.6) is 0 Å². The molecule has 0 saturated carbocycles. The molecule has 0 aliphatic rings. The van der Waals surface area contributed by atoms with Gasteiger partial charge in [-0.25, -0.2) is 0 Å². The summed E-state index contributed by atoms with van der Waals surface area (Å²) in [7, 11) is 0. The molecule has 0 fully saturated rings. The van der Waals surface area contributed by atoms with Gasteiger partial charge in [0.25, 0.3) is 5.56 Å². The van der Waals surface area contributed by atoms with E-state index in [0.717, 1.165) is 5.69 Å². The summed E-state index contributed by atoms with van der Waals surface area (Å²) < 4.78 is 0. The van der Waals surface area contributed by atoms with Crippen molar-refractivity contribution in [3.8, 4) is 6.07 Å². The first-order chi connectivity index (χ1) is 6.19. The second kappa shape index (κ2) is 3.76. The van der Waals surface area contributed by atoms with Gasteiger partial charge in [-0.15, -0.1) is 0 Å². The Morgan fingerprint density at radius 2 is 2.38 bits per heavy atom. The molecule has 0 aromatic carbocycles. The molecule has 4 heteroatoms. The van der Waals surface area contributed by atoms with Crippen LogP contribution in [0.3, 0.4) is 0 Å². The summed E-state index contributed by atoms with van der Waals surface area (Å²) in [6.45, 7) is 4.39. The third kappa shape index (κ3) is 1.88. The molecule has 1 aromatic rings. The van der Waals surface area contributed by atoms with Gasteiger partial charge >= 0.3 is 0 Å². The van der Waals surface area contributed by atoms with Gasteiger partial charge < -0.3 is 10.3 Å². The van der Waals surface area contributed by atoms with Crippen molar-refractivity contribution in [2.45, 2.75) is 13.8 Å². The van der Waals surface area contributed by atoms with E-state index in [2.05, 4.69) is 10.3 Å². The van der Waals surface area contributed by atoms with E-state index in [-0.39, 0.29) is 11.1 Å². The summed E-state index contributed by atoms with van der Waals surface area (Å²) in [5.74, 6) is 0. The highest BCUT2D eigenvalue weighted by molar-refractivity contribution is 5.56. The van der Waals surface area contributed by atoms with Crippen molar-refractivity contribution in [3.63, 3.8) is 0 Å². The SMILES string of the molecule is CCNc1cc(C)[nH]c(=O)c1C#N. The van der Waals surface area contributed by atoms with E-state index < -0.39 is 0 Å². The summed E-state index contributed by atoms with van der Waals surface area (Å²) in [6, 6.07) is 3.62. The number of anilines is 1. The largest absolute Gasteiger partial charge is 0.384 e. The zero-order valence-electron chi connectivity index (χ0n) is 7.64. The summed E-state index contributed by atoms with van der Waals surface area (Å²) in [5, 5.41) is 11.7. The van der Waals surface area contributed by atoms with Gasteiger partial charge in [0, 0.05) is 12.2 Å². The van der Waals surface area contributed by atoms with Crippen LogP contribution in [-0.4, -0.2) is 11.5 Å². The Kier molecular flexibility index (Phi) is 2.70. The number of aryl methyl sites for hydroxylation is 1. The smallest absolute Gasteiger partial charge is 0.268 e. The van der Waals surface area contributed by atoms with Crippen LogP contribution in [0, 0.1) is 18.3 Å². The molecule has 68 valence electrons. The van der Waals surface area contributed by atoms with Crippen LogP contribution in [0.4, 0.5) is 5.69 Å². The highest BCUT2D eigenvalue weighted by atomic mass is 16.1. The molecule has 0 spiro atoms. The molecule has 0 aliphatic heterocycles. The maximum Gasteiger partial charge on any atom is 0.268 e. The number of hydrogen-bond acceptors (Lipinski definition) is 3. The molecule has 0 atom stereocenters. The van der Waals surface area contributed by atoms with Gasteiger partial charge in [-0.3, -0.25) is 4.79 Å². The first-order valence-electron chi connectivity index (χ1n) is 4.07. The molecule has 0 aliphatic carbocycles. The van der Waals surface area contributed by atoms with Crippen molar-refractivity contribution in [1.82, 2.24) is 4.98 Å². The molecule has 0 radical (unpaired) electrons. The number of nitriles is 1. The topological polar surface area (TPSA) is 68.7 Å². The van der Waals surface area contributed by atoms with Crippen molar-refractivity contribution >= 4 is 5.69 Å². The van der Waals surface area contributed by atoms with E-state index in [1.807, 2.05) is 13.0 Å². The quantitative estimate of drug-likeness (QED) is 0.707. The third-order valence-corrected chi connectivity index (χ3v) is 1.65. The minimum absolute atomic E-state index is 0.146. The van der Waals surface area contributed by atoms with Crippen LogP contribution < -0.4 is 10.9 Å². The van der Waals surface area contributed by atoms with Crippen LogP contribution >= 0.6 is 0 Å². The summed E-state index contributed by atoms with van der Waals surface area (Å²) in [4.78, 5) is 13.8. The minimum Gasteiger partial charge on any atom is -0.384 e. The fourth-order valence-corrected chi connectivity index (χ4v) is 1.13. The number of aromatic nitrogens is 1. The standard InChI is InChI=1S/C9H11N3O/c1-3-11-8-4-6(2)12-9(13)7(8)5-10/h4H,3H2,1-2H3,(H2,11,12,13). The van der Waals surface area contributed by atoms with Gasteiger partial charge in [0.1, 0.15) is 11.6 Å². The van der Waals surface area contributed by atoms with Crippen LogP contribution in [0.25, 0.3) is 0 Å². The molecule has 0 unspecified atom stereocenters. The number of nitrogens with one attached hydrogen (secondary N) is 2. The van der Waals surface area contributed by atoms with E-state index >= 15 is 0 Å². The van der Waals surface area contributed by atoms with Crippen molar-refractivity contribution in [1.29, 1.82) is 5.26 Å². The lowest BCUT2D eigenvalue weighted by atomic mass is 10.2. The van der Waals surface area contributed by atoms with E-state index in [1.54, 1.807) is 13.0 Å². The van der Waals surface area contributed by atoms with Crippen LogP contribution in [0.1, 0.15) is 18.2 Å². The van der Waals surface area contributed by atoms with Gasteiger partial charge in [0.05, 0.1) is 5.69 Å². The van der Waals surface area contributed by atoms with Crippen LogP contribution in [-0.2, 0) is 0 Å². The number of nitrogens with zero attached hydrogens (tertiary/aromatic N) is 1. The zero-order chi connectivity index (χ0) is 9.84. The van der Waals surface area contributed by atoms with Crippen molar-refractivity contribution in [2.75, 3.05) is 11.9 Å². The summed E-state index contributed by atoms with van der Waals surface area (Å²) in [5.41, 5.74) is 1.16. The predicted molar refractivity (Wildman–Crippen MR) is 50.7 cm³/mol. The molecule has 1 heterocycles. The monoisotopic (exact) mass is 177 g/mol. The number of hydrogen-bond donors (Lipinski definition) is 2. The van der Waals surface area contributed by atoms with E-state index in [0.29, 0.717) is 12.2 Å². The number of pyridine rings is 1. The Hall–Kier alpha value is -1.76. The third-order valence-electron chi connectivity index (χ3n) is 1.65. The maximum absolute atomic E-state index is 11.2. The molecule has 2 N–H and O–H groups in total. The molecule has 4 nitrogen and oxygen atoms in total. The lowest BCUT2D eigenvalue weighted by Crippen LogP contribution is -2.14.